The van der Waals surface area contributed by atoms with Crippen molar-refractivity contribution < 1.29 is 13.2 Å². The fourth-order valence-electron chi connectivity index (χ4n) is 4.17. The summed E-state index contributed by atoms with van der Waals surface area (Å²) in [6.07, 6.45) is 3.51. The van der Waals surface area contributed by atoms with E-state index in [4.69, 9.17) is 0 Å². The van der Waals surface area contributed by atoms with Crippen molar-refractivity contribution in [3.05, 3.63) is 29.8 Å². The predicted octanol–water partition coefficient (Wildman–Crippen LogP) is 1.23. The molecule has 1 aromatic rings. The third-order valence-electron chi connectivity index (χ3n) is 5.64. The first-order valence-corrected chi connectivity index (χ1v) is 10.6. The number of rotatable bonds is 2. The zero-order valence-electron chi connectivity index (χ0n) is 15.3. The zero-order chi connectivity index (χ0) is 18.3. The molecule has 148 valence electrons. The molecule has 3 aliphatic heterocycles. The van der Waals surface area contributed by atoms with Crippen molar-refractivity contribution in [3.8, 4) is 0 Å². The van der Waals surface area contributed by atoms with Gasteiger partial charge in [-0.15, -0.1) is 16.8 Å². The van der Waals surface area contributed by atoms with Crippen LogP contribution in [0.3, 0.4) is 0 Å². The van der Waals surface area contributed by atoms with E-state index >= 15 is 0 Å². The second-order valence-electron chi connectivity index (χ2n) is 7.13. The third kappa shape index (κ3) is 3.58. The molecule has 1 aromatic carbocycles. The molecule has 2 fully saturated rings. The average Bonchev–Trinajstić information content (AvgIpc) is 3.24. The molecule has 4 rings (SSSR count). The normalized spacial score (nSPS) is 24.3. The number of halogens is 1. The maximum atomic E-state index is 13.1. The van der Waals surface area contributed by atoms with Crippen molar-refractivity contribution in [2.75, 3.05) is 26.7 Å². The quantitative estimate of drug-likeness (QED) is 0.790. The SMILES string of the molecule is CNC1CCN(C(=O)C2CCCN2C2=NS(=O)(=O)c3ccccc32)CC1.Cl. The first-order chi connectivity index (χ1) is 12.5. The number of amides is 1. The lowest BCUT2D eigenvalue weighted by atomic mass is 10.0. The lowest BCUT2D eigenvalue weighted by molar-refractivity contribution is -0.135. The first-order valence-electron chi connectivity index (χ1n) is 9.18. The summed E-state index contributed by atoms with van der Waals surface area (Å²) in [6, 6.07) is 7.02. The van der Waals surface area contributed by atoms with E-state index in [9.17, 15) is 13.2 Å². The molecule has 9 heteroatoms. The number of hydrogen-bond acceptors (Lipinski definition) is 5. The van der Waals surface area contributed by atoms with Crippen LogP contribution in [-0.2, 0) is 14.8 Å². The van der Waals surface area contributed by atoms with Gasteiger partial charge in [0.05, 0.1) is 0 Å². The van der Waals surface area contributed by atoms with Gasteiger partial charge in [-0.05, 0) is 44.9 Å². The molecular formula is C18H25ClN4O3S. The molecule has 3 heterocycles. The van der Waals surface area contributed by atoms with Gasteiger partial charge in [0.15, 0.2) is 5.84 Å². The van der Waals surface area contributed by atoms with Crippen LogP contribution in [0, 0.1) is 0 Å². The highest BCUT2D eigenvalue weighted by Crippen LogP contribution is 2.31. The summed E-state index contributed by atoms with van der Waals surface area (Å²) in [5, 5.41) is 3.27. The molecule has 27 heavy (non-hydrogen) atoms. The monoisotopic (exact) mass is 412 g/mol. The van der Waals surface area contributed by atoms with Crippen molar-refractivity contribution in [2.24, 2.45) is 4.40 Å². The second kappa shape index (κ2) is 7.77. The van der Waals surface area contributed by atoms with Gasteiger partial charge in [-0.3, -0.25) is 4.79 Å². The van der Waals surface area contributed by atoms with Gasteiger partial charge in [0, 0.05) is 31.2 Å². The van der Waals surface area contributed by atoms with E-state index in [0.717, 1.165) is 38.8 Å². The number of sulfonamides is 1. The number of nitrogens with one attached hydrogen (secondary N) is 1. The van der Waals surface area contributed by atoms with Crippen LogP contribution in [0.25, 0.3) is 0 Å². The molecule has 1 amide bonds. The highest BCUT2D eigenvalue weighted by Gasteiger charge is 2.40. The van der Waals surface area contributed by atoms with E-state index in [0.29, 0.717) is 24.0 Å². The van der Waals surface area contributed by atoms with Crippen molar-refractivity contribution in [3.63, 3.8) is 0 Å². The molecule has 1 atom stereocenters. The minimum absolute atomic E-state index is 0. The number of hydrogen-bond donors (Lipinski definition) is 1. The van der Waals surface area contributed by atoms with Crippen molar-refractivity contribution >= 4 is 34.2 Å². The van der Waals surface area contributed by atoms with E-state index in [-0.39, 0.29) is 29.3 Å². The number of likely N-dealkylation sites (tertiary alicyclic amines) is 2. The van der Waals surface area contributed by atoms with E-state index < -0.39 is 10.0 Å². The van der Waals surface area contributed by atoms with Crippen LogP contribution in [0.1, 0.15) is 31.2 Å². The van der Waals surface area contributed by atoms with Gasteiger partial charge >= 0.3 is 0 Å². The number of benzene rings is 1. The zero-order valence-corrected chi connectivity index (χ0v) is 16.9. The highest BCUT2D eigenvalue weighted by atomic mass is 35.5. The number of nitrogens with zero attached hydrogens (tertiary/aromatic N) is 3. The van der Waals surface area contributed by atoms with Crippen LogP contribution in [0.5, 0.6) is 0 Å². The maximum absolute atomic E-state index is 13.1. The first kappa shape index (κ1) is 20.1. The van der Waals surface area contributed by atoms with Crippen LogP contribution in [0.15, 0.2) is 33.6 Å². The van der Waals surface area contributed by atoms with E-state index in [1.54, 1.807) is 18.2 Å². The Kier molecular flexibility index (Phi) is 5.79. The second-order valence-corrected chi connectivity index (χ2v) is 8.70. The third-order valence-corrected chi connectivity index (χ3v) is 6.96. The maximum Gasteiger partial charge on any atom is 0.285 e. The van der Waals surface area contributed by atoms with Gasteiger partial charge in [-0.2, -0.15) is 8.42 Å². The van der Waals surface area contributed by atoms with Crippen LogP contribution in [-0.4, -0.2) is 68.7 Å². The Hall–Kier alpha value is -1.64. The molecule has 3 aliphatic rings. The van der Waals surface area contributed by atoms with E-state index in [1.807, 2.05) is 22.9 Å². The molecule has 0 aromatic heterocycles. The molecule has 0 spiro atoms. The number of carbonyl (C=O) groups is 1. The molecule has 0 saturated carbocycles. The van der Waals surface area contributed by atoms with Crippen LogP contribution in [0.4, 0.5) is 0 Å². The van der Waals surface area contributed by atoms with Gasteiger partial charge in [0.1, 0.15) is 10.9 Å². The minimum Gasteiger partial charge on any atom is -0.343 e. The summed E-state index contributed by atoms with van der Waals surface area (Å²) >= 11 is 0. The van der Waals surface area contributed by atoms with Crippen molar-refractivity contribution in [2.45, 2.75) is 42.7 Å². The van der Waals surface area contributed by atoms with Crippen LogP contribution < -0.4 is 5.32 Å². The van der Waals surface area contributed by atoms with Gasteiger partial charge in [-0.1, -0.05) is 12.1 Å². The fraction of sp³-hybridized carbons (Fsp3) is 0.556. The molecule has 0 radical (unpaired) electrons. The Bertz CT molecular complexity index is 850. The largest absolute Gasteiger partial charge is 0.343 e. The average molecular weight is 413 g/mol. The summed E-state index contributed by atoms with van der Waals surface area (Å²) < 4.78 is 28.7. The summed E-state index contributed by atoms with van der Waals surface area (Å²) in [6.45, 7) is 2.15. The lowest BCUT2D eigenvalue weighted by Crippen LogP contribution is -2.51. The number of piperidine rings is 1. The van der Waals surface area contributed by atoms with E-state index in [2.05, 4.69) is 9.71 Å². The Balaban J connectivity index is 0.00000210. The minimum atomic E-state index is -3.66. The molecule has 0 bridgehead atoms. The van der Waals surface area contributed by atoms with Gasteiger partial charge in [0.25, 0.3) is 10.0 Å². The number of carbonyl (C=O) groups excluding carboxylic acids is 1. The highest BCUT2D eigenvalue weighted by molar-refractivity contribution is 7.90. The van der Waals surface area contributed by atoms with Crippen molar-refractivity contribution in [1.29, 1.82) is 0 Å². The summed E-state index contributed by atoms with van der Waals surface area (Å²) in [5.74, 6) is 0.531. The molecule has 1 unspecified atom stereocenters. The van der Waals surface area contributed by atoms with E-state index in [1.165, 1.54) is 0 Å². The predicted molar refractivity (Wildman–Crippen MR) is 106 cm³/mol. The Morgan fingerprint density at radius 3 is 2.56 bits per heavy atom. The Labute approximate surface area is 166 Å². The lowest BCUT2D eigenvalue weighted by Gasteiger charge is -2.35. The summed E-state index contributed by atoms with van der Waals surface area (Å²) in [7, 11) is -1.71. The summed E-state index contributed by atoms with van der Waals surface area (Å²) in [4.78, 5) is 17.2. The molecule has 7 nitrogen and oxygen atoms in total. The molecular weight excluding hydrogens is 388 g/mol. The molecule has 2 saturated heterocycles. The van der Waals surface area contributed by atoms with Crippen LogP contribution in [0.2, 0.25) is 0 Å². The smallest absolute Gasteiger partial charge is 0.285 e. The van der Waals surface area contributed by atoms with Gasteiger partial charge < -0.3 is 15.1 Å². The fourth-order valence-corrected chi connectivity index (χ4v) is 5.39. The van der Waals surface area contributed by atoms with Gasteiger partial charge in [0.2, 0.25) is 5.91 Å². The Morgan fingerprint density at radius 2 is 1.85 bits per heavy atom. The standard InChI is InChI=1S/C18H24N4O3S.ClH/c1-19-13-8-11-21(12-9-13)18(23)15-6-4-10-22(15)17-14-5-2-3-7-16(14)26(24,25)20-17;/h2-3,5,7,13,15,19H,4,6,8-12H2,1H3;1H. The molecule has 1 N–H and O–H groups in total. The topological polar surface area (TPSA) is 82.1 Å². The van der Waals surface area contributed by atoms with Crippen molar-refractivity contribution in [1.82, 2.24) is 15.1 Å². The number of fused-ring (bicyclic) bond motifs is 1. The summed E-state index contributed by atoms with van der Waals surface area (Å²) in [5.41, 5.74) is 0.612. The Morgan fingerprint density at radius 1 is 1.15 bits per heavy atom. The van der Waals surface area contributed by atoms with Gasteiger partial charge in [-0.25, -0.2) is 0 Å². The van der Waals surface area contributed by atoms with Crippen LogP contribution >= 0.6 is 12.4 Å². The number of amidine groups is 1. The molecule has 0 aliphatic carbocycles.